The minimum atomic E-state index is -4.63. The molecule has 4 rings (SSSR count). The van der Waals surface area contributed by atoms with E-state index in [-0.39, 0.29) is 38.6 Å². The largest absolute Gasteiger partial charge is 0.433 e. The van der Waals surface area contributed by atoms with Crippen LogP contribution in [-0.2, 0) is 6.18 Å². The summed E-state index contributed by atoms with van der Waals surface area (Å²) in [5, 5.41) is 14.6. The Balaban J connectivity index is 1.47. The summed E-state index contributed by atoms with van der Waals surface area (Å²) in [6, 6.07) is 12.5. The number of hydrogen-bond donors (Lipinski definition) is 2. The van der Waals surface area contributed by atoms with Crippen LogP contribution in [0.5, 0.6) is 0 Å². The summed E-state index contributed by atoms with van der Waals surface area (Å²) in [5.41, 5.74) is 0.689. The molecule has 3 heterocycles. The van der Waals surface area contributed by atoms with E-state index < -0.39 is 17.8 Å². The first kappa shape index (κ1) is 28.3. The van der Waals surface area contributed by atoms with Gasteiger partial charge in [0, 0.05) is 42.0 Å². The van der Waals surface area contributed by atoms with E-state index in [1.54, 1.807) is 0 Å². The topological polar surface area (TPSA) is 75.1 Å². The highest BCUT2D eigenvalue weighted by molar-refractivity contribution is 6.30. The molecule has 0 saturated carbocycles. The number of quaternary nitrogens is 1. The zero-order chi connectivity index (χ0) is 27.5. The van der Waals surface area contributed by atoms with Crippen LogP contribution in [0.15, 0.2) is 54.7 Å². The molecule has 0 radical (unpaired) electrons. The van der Waals surface area contributed by atoms with Gasteiger partial charge in [0.1, 0.15) is 30.5 Å². The third-order valence-electron chi connectivity index (χ3n) is 7.04. The van der Waals surface area contributed by atoms with E-state index in [1.807, 2.05) is 24.3 Å². The third-order valence-corrected chi connectivity index (χ3v) is 7.50. The lowest BCUT2D eigenvalue weighted by Crippen LogP contribution is -2.50. The quantitative estimate of drug-likeness (QED) is 0.231. The van der Waals surface area contributed by atoms with Crippen molar-refractivity contribution in [2.75, 3.05) is 25.0 Å². The molecule has 38 heavy (non-hydrogen) atoms. The first-order valence-corrected chi connectivity index (χ1v) is 13.0. The lowest BCUT2D eigenvalue weighted by Gasteiger charge is -2.37. The van der Waals surface area contributed by atoms with Gasteiger partial charge in [0.25, 0.3) is 5.91 Å². The molecule has 2 aromatic heterocycles. The van der Waals surface area contributed by atoms with Crippen molar-refractivity contribution in [1.29, 1.82) is 0 Å². The number of hydrogen-bond acceptors (Lipinski definition) is 4. The average Bonchev–Trinajstić information content (AvgIpc) is 2.88. The number of nitrogens with zero attached hydrogens (tertiary/aromatic N) is 3. The van der Waals surface area contributed by atoms with Crippen molar-refractivity contribution >= 4 is 34.8 Å². The van der Waals surface area contributed by atoms with Gasteiger partial charge in [0.05, 0.1) is 11.4 Å². The first-order valence-electron chi connectivity index (χ1n) is 12.3. The molecule has 1 atom stereocenters. The molecule has 11 heteroatoms. The normalized spacial score (nSPS) is 20.7. The number of anilines is 1. The van der Waals surface area contributed by atoms with Crippen molar-refractivity contribution in [2.45, 2.75) is 44.2 Å². The number of hydroxylamine groups is 3. The Morgan fingerprint density at radius 3 is 2.45 bits per heavy atom. The van der Waals surface area contributed by atoms with E-state index in [2.05, 4.69) is 22.2 Å². The summed E-state index contributed by atoms with van der Waals surface area (Å²) in [4.78, 5) is 20.5. The molecule has 1 aliphatic heterocycles. The van der Waals surface area contributed by atoms with Crippen LogP contribution in [0.1, 0.15) is 65.3 Å². The number of likely N-dealkylation sites (tertiary alicyclic amines) is 1. The Bertz CT molecular complexity index is 1280. The van der Waals surface area contributed by atoms with E-state index >= 15 is 0 Å². The van der Waals surface area contributed by atoms with Gasteiger partial charge in [-0.15, -0.1) is 0 Å². The summed E-state index contributed by atoms with van der Waals surface area (Å²) < 4.78 is 40.3. The molecule has 0 aliphatic carbocycles. The maximum Gasteiger partial charge on any atom is 0.433 e. The minimum Gasteiger partial charge on any atom is -0.320 e. The smallest absolute Gasteiger partial charge is 0.320 e. The fourth-order valence-corrected chi connectivity index (χ4v) is 5.03. The van der Waals surface area contributed by atoms with Crippen molar-refractivity contribution in [2.24, 2.45) is 0 Å². The van der Waals surface area contributed by atoms with Gasteiger partial charge in [0.2, 0.25) is 0 Å². The van der Waals surface area contributed by atoms with Crippen molar-refractivity contribution in [3.63, 3.8) is 0 Å². The van der Waals surface area contributed by atoms with Crippen molar-refractivity contribution in [3.8, 4) is 0 Å². The number of aromatic nitrogens is 2. The Morgan fingerprint density at radius 2 is 1.82 bits per heavy atom. The molecule has 6 nitrogen and oxygen atoms in total. The molecule has 1 fully saturated rings. The Kier molecular flexibility index (Phi) is 8.62. The third kappa shape index (κ3) is 7.02. The van der Waals surface area contributed by atoms with Crippen LogP contribution in [0.2, 0.25) is 10.2 Å². The van der Waals surface area contributed by atoms with Crippen LogP contribution in [0.3, 0.4) is 0 Å². The van der Waals surface area contributed by atoms with Crippen LogP contribution in [0, 0.1) is 0 Å². The second-order valence-electron chi connectivity index (χ2n) is 9.73. The summed E-state index contributed by atoms with van der Waals surface area (Å²) in [6.07, 6.45) is -1.68. The van der Waals surface area contributed by atoms with Gasteiger partial charge in [-0.2, -0.15) is 17.8 Å². The van der Waals surface area contributed by atoms with Gasteiger partial charge in [0.15, 0.2) is 0 Å². The number of piperidine rings is 1. The summed E-state index contributed by atoms with van der Waals surface area (Å²) >= 11 is 11.8. The Morgan fingerprint density at radius 1 is 1.13 bits per heavy atom. The van der Waals surface area contributed by atoms with E-state index in [0.717, 1.165) is 18.1 Å². The Labute approximate surface area is 229 Å². The predicted octanol–water partition coefficient (Wildman–Crippen LogP) is 7.33. The molecule has 1 aliphatic rings. The lowest BCUT2D eigenvalue weighted by molar-refractivity contribution is -1.10. The molecule has 1 unspecified atom stereocenters. The molecule has 0 bridgehead atoms. The average molecular weight is 568 g/mol. The SMILES string of the molecule is CC(CC[N+]1(O)CCC(c2nc(C(F)(F)F)ccc2NC(=O)c2ccnc(Cl)c2)CC1)c1ccc(Cl)cc1. The van der Waals surface area contributed by atoms with Crippen molar-refractivity contribution in [1.82, 2.24) is 9.97 Å². The van der Waals surface area contributed by atoms with Gasteiger partial charge < -0.3 is 5.32 Å². The van der Waals surface area contributed by atoms with Crippen LogP contribution in [0.25, 0.3) is 0 Å². The van der Waals surface area contributed by atoms with Gasteiger partial charge >= 0.3 is 6.18 Å². The van der Waals surface area contributed by atoms with Crippen LogP contribution in [-0.4, -0.2) is 45.4 Å². The zero-order valence-electron chi connectivity index (χ0n) is 20.7. The standard InChI is InChI=1S/C27H27Cl2F3N4O2/c1-17(18-2-4-21(28)5-3-18)9-13-36(38)14-10-19(11-15-36)25-22(6-7-23(35-25)27(30,31)32)34-26(37)20-8-12-33-24(29)16-20/h2-8,12,16-17,19,38H,9-11,13-15H2,1H3/p+1. The molecule has 1 amide bonds. The zero-order valence-corrected chi connectivity index (χ0v) is 22.2. The molecular weight excluding hydrogens is 540 g/mol. The fourth-order valence-electron chi connectivity index (χ4n) is 4.73. The van der Waals surface area contributed by atoms with E-state index in [9.17, 15) is 23.2 Å². The number of rotatable bonds is 7. The summed E-state index contributed by atoms with van der Waals surface area (Å²) in [7, 11) is 0. The van der Waals surface area contributed by atoms with E-state index in [4.69, 9.17) is 23.2 Å². The van der Waals surface area contributed by atoms with Gasteiger partial charge in [-0.1, -0.05) is 42.3 Å². The van der Waals surface area contributed by atoms with Gasteiger partial charge in [-0.25, -0.2) is 15.2 Å². The van der Waals surface area contributed by atoms with Crippen LogP contribution >= 0.6 is 23.2 Å². The highest BCUT2D eigenvalue weighted by Crippen LogP contribution is 2.37. The number of halogens is 5. The number of alkyl halides is 3. The number of nitrogens with one attached hydrogen (secondary N) is 1. The molecule has 3 aromatic rings. The van der Waals surface area contributed by atoms with Gasteiger partial charge in [-0.05, 0) is 47.9 Å². The molecule has 2 N–H and O–H groups in total. The maximum absolute atomic E-state index is 13.5. The molecule has 1 saturated heterocycles. The van der Waals surface area contributed by atoms with E-state index in [0.29, 0.717) is 37.5 Å². The molecule has 1 aromatic carbocycles. The molecular formula is C27H28Cl2F3N4O2+. The Hall–Kier alpha value is -2.72. The van der Waals surface area contributed by atoms with Gasteiger partial charge in [-0.3, -0.25) is 4.79 Å². The predicted molar refractivity (Wildman–Crippen MR) is 140 cm³/mol. The number of amides is 1. The summed E-state index contributed by atoms with van der Waals surface area (Å²) in [6.45, 7) is 3.32. The number of carbonyl (C=O) groups excluding carboxylic acids is 1. The summed E-state index contributed by atoms with van der Waals surface area (Å²) in [5.74, 6) is -0.683. The van der Waals surface area contributed by atoms with Crippen molar-refractivity contribution < 1.29 is 27.8 Å². The fraction of sp³-hybridized carbons (Fsp3) is 0.370. The number of benzene rings is 1. The lowest BCUT2D eigenvalue weighted by atomic mass is 9.90. The van der Waals surface area contributed by atoms with Crippen molar-refractivity contribution in [3.05, 3.63) is 87.4 Å². The minimum absolute atomic E-state index is 0.123. The molecule has 0 spiro atoms. The first-order chi connectivity index (χ1) is 17.9. The highest BCUT2D eigenvalue weighted by atomic mass is 35.5. The number of carbonyl (C=O) groups is 1. The van der Waals surface area contributed by atoms with Crippen LogP contribution in [0.4, 0.5) is 18.9 Å². The highest BCUT2D eigenvalue weighted by Gasteiger charge is 2.38. The van der Waals surface area contributed by atoms with Crippen LogP contribution < -0.4 is 5.32 Å². The monoisotopic (exact) mass is 567 g/mol. The molecule has 202 valence electrons. The number of pyridine rings is 2. The van der Waals surface area contributed by atoms with E-state index in [1.165, 1.54) is 24.4 Å². The second-order valence-corrected chi connectivity index (χ2v) is 10.6. The maximum atomic E-state index is 13.5. The second kappa shape index (κ2) is 11.6.